The van der Waals surface area contributed by atoms with E-state index in [0.29, 0.717) is 0 Å². The zero-order chi connectivity index (χ0) is 15.6. The third-order valence-corrected chi connectivity index (χ3v) is 4.80. The van der Waals surface area contributed by atoms with Gasteiger partial charge in [-0.2, -0.15) is 10.2 Å². The zero-order valence-corrected chi connectivity index (χ0v) is 13.4. The molecule has 0 spiro atoms. The van der Waals surface area contributed by atoms with Gasteiger partial charge < -0.3 is 4.57 Å². The van der Waals surface area contributed by atoms with Gasteiger partial charge in [0.2, 0.25) is 0 Å². The number of aromatic amines is 1. The van der Waals surface area contributed by atoms with Crippen LogP contribution in [0.1, 0.15) is 5.82 Å². The fourth-order valence-corrected chi connectivity index (χ4v) is 3.47. The highest BCUT2D eigenvalue weighted by Gasteiger charge is 2.11. The molecule has 0 aliphatic carbocycles. The number of rotatable bonds is 5. The van der Waals surface area contributed by atoms with Crippen molar-refractivity contribution >= 4 is 11.3 Å². The SMILES string of the molecule is Cn1ncnc1CCn1ccnc1-c1ccc(-c2ccn[nH]2)s1. The summed E-state index contributed by atoms with van der Waals surface area (Å²) < 4.78 is 3.95. The molecule has 0 unspecified atom stereocenters. The lowest BCUT2D eigenvalue weighted by molar-refractivity contribution is 0.630. The molecule has 116 valence electrons. The van der Waals surface area contributed by atoms with Crippen LogP contribution in [0.4, 0.5) is 0 Å². The maximum absolute atomic E-state index is 4.51. The lowest BCUT2D eigenvalue weighted by Gasteiger charge is -2.06. The van der Waals surface area contributed by atoms with Gasteiger partial charge in [-0.3, -0.25) is 9.78 Å². The van der Waals surface area contributed by atoms with Crippen LogP contribution >= 0.6 is 11.3 Å². The summed E-state index contributed by atoms with van der Waals surface area (Å²) >= 11 is 1.70. The molecule has 0 saturated carbocycles. The number of H-pyrrole nitrogens is 1. The van der Waals surface area contributed by atoms with Crippen molar-refractivity contribution in [2.24, 2.45) is 7.05 Å². The molecular formula is C15H15N7S. The second-order valence-electron chi connectivity index (χ2n) is 5.13. The number of hydrogen-bond donors (Lipinski definition) is 1. The first-order valence-corrected chi connectivity index (χ1v) is 8.07. The molecule has 0 aliphatic rings. The Morgan fingerprint density at radius 1 is 1.13 bits per heavy atom. The third-order valence-electron chi connectivity index (χ3n) is 3.69. The quantitative estimate of drug-likeness (QED) is 0.611. The standard InChI is InChI=1S/C15H15N7S/c1-21-14(17-10-19-21)5-8-22-9-7-16-15(22)13-3-2-12(23-13)11-4-6-18-20-11/h2-4,6-7,9-10H,5,8H2,1H3,(H,18,20). The molecule has 0 amide bonds. The number of nitrogens with zero attached hydrogens (tertiary/aromatic N) is 6. The van der Waals surface area contributed by atoms with Crippen LogP contribution in [0.15, 0.2) is 43.1 Å². The molecule has 0 bridgehead atoms. The summed E-state index contributed by atoms with van der Waals surface area (Å²) in [4.78, 5) is 11.1. The van der Waals surface area contributed by atoms with Gasteiger partial charge in [-0.05, 0) is 18.2 Å². The average molecular weight is 325 g/mol. The molecule has 0 atom stereocenters. The smallest absolute Gasteiger partial charge is 0.150 e. The molecule has 23 heavy (non-hydrogen) atoms. The maximum Gasteiger partial charge on any atom is 0.150 e. The van der Waals surface area contributed by atoms with E-state index in [1.807, 2.05) is 25.5 Å². The maximum atomic E-state index is 4.51. The minimum Gasteiger partial charge on any atom is -0.330 e. The van der Waals surface area contributed by atoms with Crippen molar-refractivity contribution in [3.05, 3.63) is 48.9 Å². The molecule has 4 rings (SSSR count). The van der Waals surface area contributed by atoms with Gasteiger partial charge in [0.25, 0.3) is 0 Å². The average Bonchev–Trinajstić information content (AvgIpc) is 3.32. The Labute approximate surface area is 136 Å². The lowest BCUT2D eigenvalue weighted by Crippen LogP contribution is -2.06. The van der Waals surface area contributed by atoms with E-state index < -0.39 is 0 Å². The van der Waals surface area contributed by atoms with Gasteiger partial charge >= 0.3 is 0 Å². The molecule has 0 saturated heterocycles. The molecule has 0 radical (unpaired) electrons. The van der Waals surface area contributed by atoms with E-state index in [9.17, 15) is 0 Å². The van der Waals surface area contributed by atoms with Crippen molar-refractivity contribution in [3.63, 3.8) is 0 Å². The van der Waals surface area contributed by atoms with Crippen LogP contribution in [-0.4, -0.2) is 34.5 Å². The fraction of sp³-hybridized carbons (Fsp3) is 0.200. The van der Waals surface area contributed by atoms with Crippen molar-refractivity contribution in [2.45, 2.75) is 13.0 Å². The highest BCUT2D eigenvalue weighted by atomic mass is 32.1. The second-order valence-corrected chi connectivity index (χ2v) is 6.21. The molecular weight excluding hydrogens is 310 g/mol. The van der Waals surface area contributed by atoms with Gasteiger partial charge in [-0.1, -0.05) is 0 Å². The van der Waals surface area contributed by atoms with Crippen molar-refractivity contribution in [1.29, 1.82) is 0 Å². The van der Waals surface area contributed by atoms with Gasteiger partial charge in [0.05, 0.1) is 15.4 Å². The lowest BCUT2D eigenvalue weighted by atomic mass is 10.3. The molecule has 8 heteroatoms. The molecule has 1 N–H and O–H groups in total. The van der Waals surface area contributed by atoms with Gasteiger partial charge in [0, 0.05) is 38.6 Å². The third kappa shape index (κ3) is 2.68. The monoisotopic (exact) mass is 325 g/mol. The topological polar surface area (TPSA) is 77.2 Å². The van der Waals surface area contributed by atoms with Crippen molar-refractivity contribution in [2.75, 3.05) is 0 Å². The Kier molecular flexibility index (Phi) is 3.51. The van der Waals surface area contributed by atoms with E-state index >= 15 is 0 Å². The van der Waals surface area contributed by atoms with Crippen molar-refractivity contribution < 1.29 is 0 Å². The van der Waals surface area contributed by atoms with Crippen LogP contribution < -0.4 is 0 Å². The van der Waals surface area contributed by atoms with Crippen LogP contribution in [0, 0.1) is 0 Å². The number of imidazole rings is 1. The van der Waals surface area contributed by atoms with Gasteiger partial charge in [0.15, 0.2) is 0 Å². The first-order valence-electron chi connectivity index (χ1n) is 7.25. The molecule has 4 aromatic rings. The number of thiophene rings is 1. The molecule has 7 nitrogen and oxygen atoms in total. The van der Waals surface area contributed by atoms with Crippen LogP contribution in [0.2, 0.25) is 0 Å². The summed E-state index contributed by atoms with van der Waals surface area (Å²) in [6.07, 6.45) is 8.00. The molecule has 0 aliphatic heterocycles. The predicted octanol–water partition coefficient (Wildman–Crippen LogP) is 2.37. The molecule has 0 fully saturated rings. The number of aromatic nitrogens is 7. The van der Waals surface area contributed by atoms with Crippen LogP contribution in [-0.2, 0) is 20.0 Å². The number of aryl methyl sites for hydroxylation is 3. The van der Waals surface area contributed by atoms with Crippen molar-refractivity contribution in [3.8, 4) is 21.3 Å². The van der Waals surface area contributed by atoms with Gasteiger partial charge in [0.1, 0.15) is 18.0 Å². The van der Waals surface area contributed by atoms with Gasteiger partial charge in [-0.25, -0.2) is 9.97 Å². The summed E-state index contributed by atoms with van der Waals surface area (Å²) in [5.41, 5.74) is 1.03. The van der Waals surface area contributed by atoms with E-state index in [-0.39, 0.29) is 0 Å². The normalized spacial score (nSPS) is 11.2. The second kappa shape index (κ2) is 5.81. The summed E-state index contributed by atoms with van der Waals surface area (Å²) in [6, 6.07) is 6.16. The Bertz CT molecular complexity index is 900. The Hall–Kier alpha value is -2.74. The Morgan fingerprint density at radius 2 is 2.04 bits per heavy atom. The first kappa shape index (κ1) is 13.9. The number of hydrogen-bond acceptors (Lipinski definition) is 5. The molecule has 4 aromatic heterocycles. The molecule has 0 aromatic carbocycles. The summed E-state index contributed by atoms with van der Waals surface area (Å²) in [7, 11) is 1.91. The van der Waals surface area contributed by atoms with Crippen LogP contribution in [0.3, 0.4) is 0 Å². The minimum absolute atomic E-state index is 0.818. The largest absolute Gasteiger partial charge is 0.330 e. The van der Waals surface area contributed by atoms with Crippen LogP contribution in [0.25, 0.3) is 21.3 Å². The van der Waals surface area contributed by atoms with E-state index in [2.05, 4.69) is 42.0 Å². The summed E-state index contributed by atoms with van der Waals surface area (Å²) in [5.74, 6) is 1.94. The Balaban J connectivity index is 1.56. The van der Waals surface area contributed by atoms with E-state index in [1.54, 1.807) is 28.5 Å². The van der Waals surface area contributed by atoms with E-state index in [1.165, 1.54) is 0 Å². The first-order chi connectivity index (χ1) is 11.3. The Morgan fingerprint density at radius 3 is 2.83 bits per heavy atom. The molecule has 4 heterocycles. The van der Waals surface area contributed by atoms with Crippen molar-refractivity contribution in [1.82, 2.24) is 34.5 Å². The fourth-order valence-electron chi connectivity index (χ4n) is 2.48. The van der Waals surface area contributed by atoms with Gasteiger partial charge in [-0.15, -0.1) is 11.3 Å². The highest BCUT2D eigenvalue weighted by Crippen LogP contribution is 2.32. The van der Waals surface area contributed by atoms with Crippen LogP contribution in [0.5, 0.6) is 0 Å². The van der Waals surface area contributed by atoms with E-state index in [0.717, 1.165) is 40.1 Å². The summed E-state index contributed by atoms with van der Waals surface area (Å²) in [5, 5.41) is 11.1. The summed E-state index contributed by atoms with van der Waals surface area (Å²) in [6.45, 7) is 0.819. The van der Waals surface area contributed by atoms with E-state index in [4.69, 9.17) is 0 Å². The number of nitrogens with one attached hydrogen (secondary N) is 1. The zero-order valence-electron chi connectivity index (χ0n) is 12.5. The predicted molar refractivity (Wildman–Crippen MR) is 87.8 cm³/mol. The highest BCUT2D eigenvalue weighted by molar-refractivity contribution is 7.18. The minimum atomic E-state index is 0.818.